The highest BCUT2D eigenvalue weighted by Gasteiger charge is 2.30. The molecule has 7 nitrogen and oxygen atoms in total. The van der Waals surface area contributed by atoms with Crippen LogP contribution in [-0.4, -0.2) is 55.0 Å². The summed E-state index contributed by atoms with van der Waals surface area (Å²) in [5.74, 6) is -0.247. The van der Waals surface area contributed by atoms with Crippen molar-refractivity contribution in [3.05, 3.63) is 76.3 Å². The number of hydrogen-bond donors (Lipinski definition) is 1. The van der Waals surface area contributed by atoms with Gasteiger partial charge in [-0.15, -0.1) is 0 Å². The van der Waals surface area contributed by atoms with Gasteiger partial charge in [-0.1, -0.05) is 30.3 Å². The van der Waals surface area contributed by atoms with Crippen LogP contribution in [0.1, 0.15) is 16.1 Å². The van der Waals surface area contributed by atoms with Crippen LogP contribution in [0.3, 0.4) is 0 Å². The van der Waals surface area contributed by atoms with Gasteiger partial charge >= 0.3 is 5.97 Å². The first kappa shape index (κ1) is 20.9. The van der Waals surface area contributed by atoms with Crippen molar-refractivity contribution in [3.8, 4) is 0 Å². The summed E-state index contributed by atoms with van der Waals surface area (Å²) in [6.07, 6.45) is 2.60. The number of rotatable bonds is 6. The molecule has 3 heterocycles. The molecule has 1 unspecified atom stereocenters. The summed E-state index contributed by atoms with van der Waals surface area (Å²) in [6, 6.07) is 15.9. The Balaban J connectivity index is 1.33. The zero-order valence-corrected chi connectivity index (χ0v) is 19.0. The minimum absolute atomic E-state index is 0.0570. The lowest BCUT2D eigenvalue weighted by atomic mass is 10.0. The second-order valence-corrected chi connectivity index (χ2v) is 8.70. The molecule has 0 aliphatic carbocycles. The number of carbonyl (C=O) groups is 1. The number of nitrogens with zero attached hydrogens (tertiary/aromatic N) is 2. The molecule has 0 bridgehead atoms. The summed E-state index contributed by atoms with van der Waals surface area (Å²) in [5, 5.41) is 9.99. The molecule has 1 saturated heterocycles. The number of benzene rings is 2. The first-order valence-electron chi connectivity index (χ1n) is 10.5. The van der Waals surface area contributed by atoms with Gasteiger partial charge in [-0.25, -0.2) is 4.79 Å². The molecule has 3 aromatic rings. The fourth-order valence-electron chi connectivity index (χ4n) is 4.36. The molecule has 1 aromatic heterocycles. The Morgan fingerprint density at radius 2 is 1.88 bits per heavy atom. The minimum Gasteiger partial charge on any atom is -0.475 e. The predicted molar refractivity (Wildman–Crippen MR) is 124 cm³/mol. The number of aromatic carboxylic acids is 1. The quantitative estimate of drug-likeness (QED) is 0.537. The first-order valence-corrected chi connectivity index (χ1v) is 11.3. The molecule has 2 aromatic carbocycles. The maximum atomic E-state index is 11.3. The fourth-order valence-corrected chi connectivity index (χ4v) is 5.06. The third kappa shape index (κ3) is 4.08. The average molecular weight is 499 g/mol. The minimum atomic E-state index is -1.07. The van der Waals surface area contributed by atoms with Gasteiger partial charge in [0.2, 0.25) is 12.6 Å². The van der Waals surface area contributed by atoms with E-state index in [4.69, 9.17) is 13.9 Å². The van der Waals surface area contributed by atoms with E-state index >= 15 is 0 Å². The maximum Gasteiger partial charge on any atom is 0.371 e. The molecule has 0 saturated carbocycles. The largest absolute Gasteiger partial charge is 0.475 e. The van der Waals surface area contributed by atoms with Crippen LogP contribution in [0.5, 0.6) is 0 Å². The van der Waals surface area contributed by atoms with E-state index in [0.717, 1.165) is 53.9 Å². The summed E-state index contributed by atoms with van der Waals surface area (Å²) in [6.45, 7) is 3.69. The third-order valence-electron chi connectivity index (χ3n) is 6.01. The van der Waals surface area contributed by atoms with Crippen LogP contribution < -0.4 is 4.90 Å². The van der Waals surface area contributed by atoms with Crippen LogP contribution in [0.25, 0.3) is 11.0 Å². The standard InChI is InChI=1S/C24H23BrN2O5/c25-23-17-13-21(24(28)29)32-20(17)7-6-18(23)26-8-10-27(11-9-26)19(22-14-30-15-31-22)12-16-4-2-1-3-5-16/h1-7,13-14,19H,8-12,15H2,(H,28,29). The number of halogens is 1. The Bertz CT molecular complexity index is 1150. The number of ether oxygens (including phenoxy) is 2. The molecular formula is C24H23BrN2O5. The Kier molecular flexibility index (Phi) is 5.80. The summed E-state index contributed by atoms with van der Waals surface area (Å²) in [5.41, 5.74) is 2.86. The lowest BCUT2D eigenvalue weighted by molar-refractivity contribution is 0.0580. The van der Waals surface area contributed by atoms with Gasteiger partial charge in [0, 0.05) is 37.6 Å². The highest BCUT2D eigenvalue weighted by atomic mass is 79.9. The highest BCUT2D eigenvalue weighted by Crippen LogP contribution is 2.36. The van der Waals surface area contributed by atoms with Gasteiger partial charge < -0.3 is 23.9 Å². The predicted octanol–water partition coefficient (Wildman–Crippen LogP) is 4.47. The fraction of sp³-hybridized carbons (Fsp3) is 0.292. The van der Waals surface area contributed by atoms with Crippen molar-refractivity contribution in [2.45, 2.75) is 12.5 Å². The molecule has 1 fully saturated rings. The molecule has 0 spiro atoms. The molecule has 0 radical (unpaired) electrons. The van der Waals surface area contributed by atoms with Crippen molar-refractivity contribution in [2.75, 3.05) is 37.9 Å². The number of anilines is 1. The Morgan fingerprint density at radius 3 is 2.56 bits per heavy atom. The zero-order chi connectivity index (χ0) is 22.1. The van der Waals surface area contributed by atoms with E-state index in [1.54, 1.807) is 12.3 Å². The Morgan fingerprint density at radius 1 is 1.09 bits per heavy atom. The number of hydrogen-bond acceptors (Lipinski definition) is 6. The number of piperazine rings is 1. The Labute approximate surface area is 193 Å². The van der Waals surface area contributed by atoms with Gasteiger partial charge in [-0.2, -0.15) is 0 Å². The van der Waals surface area contributed by atoms with Crippen LogP contribution in [0.4, 0.5) is 5.69 Å². The molecule has 0 amide bonds. The van der Waals surface area contributed by atoms with Crippen LogP contribution >= 0.6 is 15.9 Å². The van der Waals surface area contributed by atoms with Crippen molar-refractivity contribution in [1.29, 1.82) is 0 Å². The number of carboxylic acids is 1. The molecule has 5 rings (SSSR count). The number of fused-ring (bicyclic) bond motifs is 1. The van der Waals surface area contributed by atoms with E-state index in [-0.39, 0.29) is 18.6 Å². The van der Waals surface area contributed by atoms with Gasteiger partial charge in [-0.3, -0.25) is 4.90 Å². The molecule has 1 atom stereocenters. The molecule has 2 aliphatic heterocycles. The van der Waals surface area contributed by atoms with E-state index < -0.39 is 5.97 Å². The van der Waals surface area contributed by atoms with Crippen LogP contribution in [-0.2, 0) is 15.9 Å². The van der Waals surface area contributed by atoms with E-state index in [9.17, 15) is 9.90 Å². The normalized spacial score (nSPS) is 17.7. The molecule has 2 aliphatic rings. The topological polar surface area (TPSA) is 75.4 Å². The van der Waals surface area contributed by atoms with Crippen LogP contribution in [0.2, 0.25) is 0 Å². The van der Waals surface area contributed by atoms with E-state index in [2.05, 4.69) is 50.0 Å². The second-order valence-electron chi connectivity index (χ2n) is 7.90. The van der Waals surface area contributed by atoms with E-state index in [1.807, 2.05) is 18.2 Å². The van der Waals surface area contributed by atoms with Gasteiger partial charge in [0.1, 0.15) is 11.8 Å². The summed E-state index contributed by atoms with van der Waals surface area (Å²) in [7, 11) is 0. The number of furan rings is 1. The molecule has 32 heavy (non-hydrogen) atoms. The molecular weight excluding hydrogens is 476 g/mol. The smallest absolute Gasteiger partial charge is 0.371 e. The van der Waals surface area contributed by atoms with Gasteiger partial charge in [0.25, 0.3) is 0 Å². The molecule has 8 heteroatoms. The summed E-state index contributed by atoms with van der Waals surface area (Å²) >= 11 is 3.67. The van der Waals surface area contributed by atoms with Gasteiger partial charge in [0.15, 0.2) is 5.76 Å². The third-order valence-corrected chi connectivity index (χ3v) is 6.85. The van der Waals surface area contributed by atoms with Crippen molar-refractivity contribution in [1.82, 2.24) is 4.90 Å². The average Bonchev–Trinajstić information content (AvgIpc) is 3.50. The lowest BCUT2D eigenvalue weighted by Crippen LogP contribution is -2.51. The van der Waals surface area contributed by atoms with Crippen molar-refractivity contribution in [2.24, 2.45) is 0 Å². The van der Waals surface area contributed by atoms with Crippen molar-refractivity contribution >= 4 is 38.6 Å². The first-order chi connectivity index (χ1) is 15.6. The van der Waals surface area contributed by atoms with Crippen LogP contribution in [0.15, 0.2) is 69.4 Å². The number of carboxylic acid groups (broad SMARTS) is 1. The monoisotopic (exact) mass is 498 g/mol. The molecule has 1 N–H and O–H groups in total. The maximum absolute atomic E-state index is 11.3. The van der Waals surface area contributed by atoms with E-state index in [0.29, 0.717) is 5.58 Å². The van der Waals surface area contributed by atoms with Gasteiger partial charge in [0.05, 0.1) is 16.2 Å². The van der Waals surface area contributed by atoms with Gasteiger partial charge in [-0.05, 0) is 40.0 Å². The summed E-state index contributed by atoms with van der Waals surface area (Å²) in [4.78, 5) is 16.0. The summed E-state index contributed by atoms with van der Waals surface area (Å²) < 4.78 is 17.4. The highest BCUT2D eigenvalue weighted by molar-refractivity contribution is 9.10. The SMILES string of the molecule is O=C(O)c1cc2c(Br)c(N3CCN(C(Cc4ccccc4)C4=COCO4)CC3)ccc2o1. The van der Waals surface area contributed by atoms with Crippen molar-refractivity contribution in [3.63, 3.8) is 0 Å². The lowest BCUT2D eigenvalue weighted by Gasteiger charge is -2.40. The second kappa shape index (κ2) is 8.88. The Hall–Kier alpha value is -2.97. The van der Waals surface area contributed by atoms with Crippen LogP contribution in [0, 0.1) is 0 Å². The zero-order valence-electron chi connectivity index (χ0n) is 17.4. The van der Waals surface area contributed by atoms with E-state index in [1.165, 1.54) is 5.56 Å². The van der Waals surface area contributed by atoms with Crippen molar-refractivity contribution < 1.29 is 23.8 Å². The molecule has 166 valence electrons.